The van der Waals surface area contributed by atoms with Crippen LogP contribution >= 0.6 is 0 Å². The molecule has 0 saturated heterocycles. The third-order valence-electron chi connectivity index (χ3n) is 3.41. The van der Waals surface area contributed by atoms with Crippen LogP contribution in [0.2, 0.25) is 0 Å². The molecule has 1 aliphatic rings. The highest BCUT2D eigenvalue weighted by molar-refractivity contribution is 5.27. The number of nitriles is 1. The van der Waals surface area contributed by atoms with E-state index in [9.17, 15) is 5.11 Å². The first-order valence-corrected chi connectivity index (χ1v) is 6.40. The average Bonchev–Trinajstić information content (AvgIpc) is 3.09. The van der Waals surface area contributed by atoms with E-state index in [1.54, 1.807) is 6.92 Å². The standard InChI is InChI=1S/C15H19NO2/c1-12(17)10-13-2-4-14(5-3-13)18-11-15(6-7-15)8-9-16/h2-5,12,17H,6-8,10-11H2,1H3. The fourth-order valence-electron chi connectivity index (χ4n) is 2.02. The fraction of sp³-hybridized carbons (Fsp3) is 0.533. The van der Waals surface area contributed by atoms with Crippen LogP contribution in [0.5, 0.6) is 5.75 Å². The smallest absolute Gasteiger partial charge is 0.119 e. The molecule has 3 nitrogen and oxygen atoms in total. The Hall–Kier alpha value is -1.53. The first-order chi connectivity index (χ1) is 8.63. The third kappa shape index (κ3) is 3.48. The Bertz CT molecular complexity index is 427. The van der Waals surface area contributed by atoms with Crippen molar-refractivity contribution in [2.75, 3.05) is 6.61 Å². The van der Waals surface area contributed by atoms with Gasteiger partial charge >= 0.3 is 0 Å². The summed E-state index contributed by atoms with van der Waals surface area (Å²) in [6.45, 7) is 2.42. The topological polar surface area (TPSA) is 53.2 Å². The van der Waals surface area contributed by atoms with Gasteiger partial charge in [0.15, 0.2) is 0 Å². The summed E-state index contributed by atoms with van der Waals surface area (Å²) in [5.41, 5.74) is 1.23. The van der Waals surface area contributed by atoms with Gasteiger partial charge in [-0.25, -0.2) is 0 Å². The summed E-state index contributed by atoms with van der Waals surface area (Å²) in [5.74, 6) is 0.841. The van der Waals surface area contributed by atoms with Crippen molar-refractivity contribution < 1.29 is 9.84 Å². The molecular weight excluding hydrogens is 226 g/mol. The second-order valence-electron chi connectivity index (χ2n) is 5.32. The lowest BCUT2D eigenvalue weighted by molar-refractivity contribution is 0.195. The Morgan fingerprint density at radius 1 is 1.39 bits per heavy atom. The summed E-state index contributed by atoms with van der Waals surface area (Å²) < 4.78 is 5.73. The molecule has 1 N–H and O–H groups in total. The molecular formula is C15H19NO2. The van der Waals surface area contributed by atoms with E-state index in [1.807, 2.05) is 24.3 Å². The summed E-state index contributed by atoms with van der Waals surface area (Å²) in [4.78, 5) is 0. The van der Waals surface area contributed by atoms with Crippen molar-refractivity contribution in [1.82, 2.24) is 0 Å². The second kappa shape index (κ2) is 5.41. The molecule has 1 fully saturated rings. The average molecular weight is 245 g/mol. The number of ether oxygens (including phenoxy) is 1. The van der Waals surface area contributed by atoms with Crippen LogP contribution in [0.4, 0.5) is 0 Å². The first-order valence-electron chi connectivity index (χ1n) is 6.40. The summed E-state index contributed by atoms with van der Waals surface area (Å²) in [6, 6.07) is 10.0. The highest BCUT2D eigenvalue weighted by atomic mass is 16.5. The molecule has 0 amide bonds. The van der Waals surface area contributed by atoms with Crippen molar-refractivity contribution >= 4 is 0 Å². The molecule has 1 atom stereocenters. The lowest BCUT2D eigenvalue weighted by atomic mass is 10.1. The normalized spacial score (nSPS) is 17.8. The van der Waals surface area contributed by atoms with Crippen molar-refractivity contribution in [3.8, 4) is 11.8 Å². The van der Waals surface area contributed by atoms with Gasteiger partial charge < -0.3 is 9.84 Å². The number of hydrogen-bond donors (Lipinski definition) is 1. The van der Waals surface area contributed by atoms with Crippen LogP contribution < -0.4 is 4.74 Å². The van der Waals surface area contributed by atoms with E-state index in [1.165, 1.54) is 0 Å². The maximum atomic E-state index is 9.29. The predicted octanol–water partition coefficient (Wildman–Crippen LogP) is 2.68. The first kappa shape index (κ1) is 12.9. The Labute approximate surface area is 108 Å². The Balaban J connectivity index is 1.85. The highest BCUT2D eigenvalue weighted by Crippen LogP contribution is 2.48. The molecule has 0 spiro atoms. The molecule has 1 aromatic carbocycles. The van der Waals surface area contributed by atoms with E-state index < -0.39 is 0 Å². The van der Waals surface area contributed by atoms with E-state index in [0.717, 1.165) is 24.2 Å². The third-order valence-corrected chi connectivity index (χ3v) is 3.41. The summed E-state index contributed by atoms with van der Waals surface area (Å²) >= 11 is 0. The fourth-order valence-corrected chi connectivity index (χ4v) is 2.02. The van der Waals surface area contributed by atoms with Crippen molar-refractivity contribution in [2.24, 2.45) is 5.41 Å². The second-order valence-corrected chi connectivity index (χ2v) is 5.32. The number of nitrogens with zero attached hydrogens (tertiary/aromatic N) is 1. The zero-order valence-electron chi connectivity index (χ0n) is 10.7. The zero-order chi connectivity index (χ0) is 13.0. The monoisotopic (exact) mass is 245 g/mol. The molecule has 1 aliphatic carbocycles. The van der Waals surface area contributed by atoms with Crippen LogP contribution in [-0.2, 0) is 6.42 Å². The molecule has 1 saturated carbocycles. The lowest BCUT2D eigenvalue weighted by Crippen LogP contribution is -2.12. The molecule has 0 bridgehead atoms. The molecule has 3 heteroatoms. The van der Waals surface area contributed by atoms with Crippen molar-refractivity contribution in [1.29, 1.82) is 5.26 Å². The number of aliphatic hydroxyl groups is 1. The molecule has 0 heterocycles. The van der Waals surface area contributed by atoms with Crippen molar-refractivity contribution in [3.05, 3.63) is 29.8 Å². The van der Waals surface area contributed by atoms with E-state index >= 15 is 0 Å². The number of aliphatic hydroxyl groups excluding tert-OH is 1. The van der Waals surface area contributed by atoms with Crippen LogP contribution in [0.15, 0.2) is 24.3 Å². The largest absolute Gasteiger partial charge is 0.493 e. The molecule has 0 radical (unpaired) electrons. The maximum Gasteiger partial charge on any atom is 0.119 e. The van der Waals surface area contributed by atoms with Gasteiger partial charge in [0.1, 0.15) is 5.75 Å². The Morgan fingerprint density at radius 2 is 2.06 bits per heavy atom. The summed E-state index contributed by atoms with van der Waals surface area (Å²) in [7, 11) is 0. The Kier molecular flexibility index (Phi) is 3.88. The van der Waals surface area contributed by atoms with Crippen LogP contribution in [0, 0.1) is 16.7 Å². The van der Waals surface area contributed by atoms with Crippen LogP contribution in [0.3, 0.4) is 0 Å². The molecule has 0 aliphatic heterocycles. The van der Waals surface area contributed by atoms with E-state index in [0.29, 0.717) is 19.4 Å². The summed E-state index contributed by atoms with van der Waals surface area (Å²) in [5, 5.41) is 18.0. The number of rotatable bonds is 6. The maximum absolute atomic E-state index is 9.29. The van der Waals surface area contributed by atoms with Crippen LogP contribution in [-0.4, -0.2) is 17.8 Å². The quantitative estimate of drug-likeness (QED) is 0.838. The highest BCUT2D eigenvalue weighted by Gasteiger charge is 2.43. The van der Waals surface area contributed by atoms with Gasteiger partial charge in [-0.15, -0.1) is 0 Å². The number of hydrogen-bond acceptors (Lipinski definition) is 3. The predicted molar refractivity (Wildman–Crippen MR) is 69.2 cm³/mol. The van der Waals surface area contributed by atoms with Gasteiger partial charge in [0.05, 0.1) is 18.8 Å². The summed E-state index contributed by atoms with van der Waals surface area (Å²) in [6.07, 6.45) is 3.13. The van der Waals surface area contributed by atoms with E-state index in [2.05, 4.69) is 6.07 Å². The zero-order valence-corrected chi connectivity index (χ0v) is 10.7. The van der Waals surface area contributed by atoms with Crippen molar-refractivity contribution in [3.63, 3.8) is 0 Å². The van der Waals surface area contributed by atoms with E-state index in [-0.39, 0.29) is 11.5 Å². The molecule has 2 rings (SSSR count). The molecule has 96 valence electrons. The lowest BCUT2D eigenvalue weighted by Gasteiger charge is -2.13. The SMILES string of the molecule is CC(O)Cc1ccc(OCC2(CC#N)CC2)cc1. The molecule has 1 aromatic rings. The minimum absolute atomic E-state index is 0.118. The van der Waals surface area contributed by atoms with Crippen LogP contribution in [0.1, 0.15) is 31.7 Å². The van der Waals surface area contributed by atoms with Gasteiger partial charge in [-0.1, -0.05) is 12.1 Å². The Morgan fingerprint density at radius 3 is 2.56 bits per heavy atom. The molecule has 1 unspecified atom stereocenters. The number of benzene rings is 1. The molecule has 0 aromatic heterocycles. The van der Waals surface area contributed by atoms with Gasteiger partial charge in [-0.2, -0.15) is 5.26 Å². The van der Waals surface area contributed by atoms with E-state index in [4.69, 9.17) is 10.00 Å². The van der Waals surface area contributed by atoms with Gasteiger partial charge in [0.2, 0.25) is 0 Å². The van der Waals surface area contributed by atoms with Gasteiger partial charge in [-0.05, 0) is 43.9 Å². The minimum Gasteiger partial charge on any atom is -0.493 e. The molecule has 18 heavy (non-hydrogen) atoms. The van der Waals surface area contributed by atoms with Crippen LogP contribution in [0.25, 0.3) is 0 Å². The van der Waals surface area contributed by atoms with Gasteiger partial charge in [-0.3, -0.25) is 0 Å². The van der Waals surface area contributed by atoms with Crippen molar-refractivity contribution in [2.45, 2.75) is 38.7 Å². The minimum atomic E-state index is -0.317. The van der Waals surface area contributed by atoms with Gasteiger partial charge in [0, 0.05) is 11.8 Å². The van der Waals surface area contributed by atoms with Gasteiger partial charge in [0.25, 0.3) is 0 Å².